The Morgan fingerprint density at radius 3 is 2.50 bits per heavy atom. The van der Waals surface area contributed by atoms with E-state index in [2.05, 4.69) is 10.6 Å². The summed E-state index contributed by atoms with van der Waals surface area (Å²) in [5.74, 6) is -0.318. The van der Waals surface area contributed by atoms with Gasteiger partial charge in [0.05, 0.1) is 0 Å². The summed E-state index contributed by atoms with van der Waals surface area (Å²) in [7, 11) is 0. The minimum absolute atomic E-state index is 0.137. The number of nitrogens with one attached hydrogen (secondary N) is 2. The summed E-state index contributed by atoms with van der Waals surface area (Å²) < 4.78 is 0. The molecule has 2 amide bonds. The molecule has 4 nitrogen and oxygen atoms in total. The van der Waals surface area contributed by atoms with Crippen LogP contribution in [0.1, 0.15) is 37.3 Å². The maximum atomic E-state index is 12.4. The van der Waals surface area contributed by atoms with Gasteiger partial charge in [-0.05, 0) is 50.3 Å². The van der Waals surface area contributed by atoms with E-state index >= 15 is 0 Å². The Hall–Kier alpha value is -1.84. The molecule has 1 saturated carbocycles. The zero-order valence-corrected chi connectivity index (χ0v) is 12.4. The lowest BCUT2D eigenvalue weighted by Crippen LogP contribution is -2.40. The fourth-order valence-electron chi connectivity index (χ4n) is 2.20. The van der Waals surface area contributed by atoms with Crippen LogP contribution in [0.2, 0.25) is 0 Å². The summed E-state index contributed by atoms with van der Waals surface area (Å²) >= 11 is 0. The molecule has 1 fully saturated rings. The molecule has 0 spiro atoms. The molecule has 1 aliphatic rings. The molecule has 0 saturated heterocycles. The summed E-state index contributed by atoms with van der Waals surface area (Å²) in [5.41, 5.74) is 2.05. The zero-order chi connectivity index (χ0) is 14.8. The summed E-state index contributed by atoms with van der Waals surface area (Å²) in [6.07, 6.45) is 2.15. The van der Waals surface area contributed by atoms with Gasteiger partial charge in [0.15, 0.2) is 0 Å². The van der Waals surface area contributed by atoms with Crippen LogP contribution in [0.3, 0.4) is 0 Å². The van der Waals surface area contributed by atoms with Crippen LogP contribution in [0, 0.1) is 19.3 Å². The Bertz CT molecular complexity index is 533. The Balaban J connectivity index is 2.08. The molecule has 20 heavy (non-hydrogen) atoms. The highest BCUT2D eigenvalue weighted by Crippen LogP contribution is 2.47. The summed E-state index contributed by atoms with van der Waals surface area (Å²) in [4.78, 5) is 24.5. The van der Waals surface area contributed by atoms with Crippen molar-refractivity contribution in [3.05, 3.63) is 29.3 Å². The summed E-state index contributed by atoms with van der Waals surface area (Å²) in [6, 6.07) is 5.92. The molecule has 0 atom stereocenters. The standard InChI is InChI=1S/C16H22N2O2/c1-4-9-17-14(19)16(7-8-16)15(20)18-13-10-11(2)5-6-12(13)3/h5-6,10H,4,7-9H2,1-3H3,(H,17,19)(H,18,20). The number of benzene rings is 1. The molecule has 0 aromatic heterocycles. The average molecular weight is 274 g/mol. The molecule has 1 aliphatic carbocycles. The Morgan fingerprint density at radius 1 is 1.20 bits per heavy atom. The smallest absolute Gasteiger partial charge is 0.240 e. The van der Waals surface area contributed by atoms with Crippen molar-refractivity contribution in [2.24, 2.45) is 5.41 Å². The molecule has 0 unspecified atom stereocenters. The zero-order valence-electron chi connectivity index (χ0n) is 12.4. The van der Waals surface area contributed by atoms with Crippen molar-refractivity contribution in [2.75, 3.05) is 11.9 Å². The Labute approximate surface area is 119 Å². The normalized spacial score (nSPS) is 15.6. The molecule has 1 aromatic rings. The van der Waals surface area contributed by atoms with E-state index in [0.717, 1.165) is 23.2 Å². The van der Waals surface area contributed by atoms with Gasteiger partial charge in [0.2, 0.25) is 11.8 Å². The molecular weight excluding hydrogens is 252 g/mol. The van der Waals surface area contributed by atoms with Crippen LogP contribution >= 0.6 is 0 Å². The average Bonchev–Trinajstić information content (AvgIpc) is 3.21. The fraction of sp³-hybridized carbons (Fsp3) is 0.500. The molecular formula is C16H22N2O2. The predicted molar refractivity (Wildman–Crippen MR) is 79.5 cm³/mol. The van der Waals surface area contributed by atoms with Crippen molar-refractivity contribution >= 4 is 17.5 Å². The third-order valence-electron chi connectivity index (χ3n) is 3.80. The van der Waals surface area contributed by atoms with Crippen molar-refractivity contribution in [3.8, 4) is 0 Å². The van der Waals surface area contributed by atoms with Crippen molar-refractivity contribution in [1.82, 2.24) is 5.32 Å². The second-order valence-electron chi connectivity index (χ2n) is 5.61. The van der Waals surface area contributed by atoms with Crippen LogP contribution in [0.5, 0.6) is 0 Å². The van der Waals surface area contributed by atoms with E-state index in [0.29, 0.717) is 19.4 Å². The number of aryl methyl sites for hydroxylation is 2. The molecule has 108 valence electrons. The molecule has 0 aliphatic heterocycles. The van der Waals surface area contributed by atoms with E-state index in [1.807, 2.05) is 39.0 Å². The van der Waals surface area contributed by atoms with Crippen molar-refractivity contribution in [1.29, 1.82) is 0 Å². The van der Waals surface area contributed by atoms with Crippen LogP contribution < -0.4 is 10.6 Å². The van der Waals surface area contributed by atoms with E-state index in [4.69, 9.17) is 0 Å². The first-order valence-electron chi connectivity index (χ1n) is 7.16. The van der Waals surface area contributed by atoms with Gasteiger partial charge in [0.1, 0.15) is 5.41 Å². The maximum absolute atomic E-state index is 12.4. The first kappa shape index (κ1) is 14.6. The third-order valence-corrected chi connectivity index (χ3v) is 3.80. The molecule has 1 aromatic carbocycles. The van der Waals surface area contributed by atoms with Crippen LogP contribution in [0.4, 0.5) is 5.69 Å². The number of anilines is 1. The highest BCUT2D eigenvalue weighted by Gasteiger charge is 2.56. The van der Waals surface area contributed by atoms with Crippen molar-refractivity contribution in [3.63, 3.8) is 0 Å². The largest absolute Gasteiger partial charge is 0.355 e. The number of amides is 2. The quantitative estimate of drug-likeness (QED) is 0.811. The fourth-order valence-corrected chi connectivity index (χ4v) is 2.20. The molecule has 0 heterocycles. The van der Waals surface area contributed by atoms with Gasteiger partial charge in [-0.15, -0.1) is 0 Å². The van der Waals surface area contributed by atoms with E-state index < -0.39 is 5.41 Å². The molecule has 0 bridgehead atoms. The molecule has 4 heteroatoms. The highest BCUT2D eigenvalue weighted by atomic mass is 16.2. The van der Waals surface area contributed by atoms with E-state index in [1.165, 1.54) is 0 Å². The van der Waals surface area contributed by atoms with Crippen molar-refractivity contribution in [2.45, 2.75) is 40.0 Å². The third kappa shape index (κ3) is 2.84. The van der Waals surface area contributed by atoms with Gasteiger partial charge in [-0.2, -0.15) is 0 Å². The first-order chi connectivity index (χ1) is 9.49. The van der Waals surface area contributed by atoms with Gasteiger partial charge >= 0.3 is 0 Å². The van der Waals surface area contributed by atoms with Crippen LogP contribution in [0.15, 0.2) is 18.2 Å². The molecule has 2 rings (SSSR count). The van der Waals surface area contributed by atoms with Gasteiger partial charge in [-0.1, -0.05) is 19.1 Å². The van der Waals surface area contributed by atoms with Crippen LogP contribution in [-0.4, -0.2) is 18.4 Å². The van der Waals surface area contributed by atoms with Gasteiger partial charge in [-0.25, -0.2) is 0 Å². The van der Waals surface area contributed by atoms with Crippen LogP contribution in [-0.2, 0) is 9.59 Å². The summed E-state index contributed by atoms with van der Waals surface area (Å²) in [5, 5.41) is 5.74. The SMILES string of the molecule is CCCNC(=O)C1(C(=O)Nc2cc(C)ccc2C)CC1. The number of hydrogen-bond acceptors (Lipinski definition) is 2. The lowest BCUT2D eigenvalue weighted by molar-refractivity contribution is -0.134. The second kappa shape index (κ2) is 5.65. The second-order valence-corrected chi connectivity index (χ2v) is 5.61. The highest BCUT2D eigenvalue weighted by molar-refractivity contribution is 6.13. The Morgan fingerprint density at radius 2 is 1.90 bits per heavy atom. The van der Waals surface area contributed by atoms with Gasteiger partial charge in [0, 0.05) is 12.2 Å². The monoisotopic (exact) mass is 274 g/mol. The van der Waals surface area contributed by atoms with Crippen LogP contribution in [0.25, 0.3) is 0 Å². The van der Waals surface area contributed by atoms with E-state index in [9.17, 15) is 9.59 Å². The minimum Gasteiger partial charge on any atom is -0.355 e. The lowest BCUT2D eigenvalue weighted by atomic mass is 10.0. The first-order valence-corrected chi connectivity index (χ1v) is 7.16. The van der Waals surface area contributed by atoms with Gasteiger partial charge in [0.25, 0.3) is 0 Å². The van der Waals surface area contributed by atoms with E-state index in [1.54, 1.807) is 0 Å². The number of hydrogen-bond donors (Lipinski definition) is 2. The molecule has 2 N–H and O–H groups in total. The number of rotatable bonds is 5. The van der Waals surface area contributed by atoms with E-state index in [-0.39, 0.29) is 11.8 Å². The minimum atomic E-state index is -0.842. The lowest BCUT2D eigenvalue weighted by Gasteiger charge is -2.16. The topological polar surface area (TPSA) is 58.2 Å². The van der Waals surface area contributed by atoms with Crippen molar-refractivity contribution < 1.29 is 9.59 Å². The molecule has 0 radical (unpaired) electrons. The summed E-state index contributed by atoms with van der Waals surface area (Å²) in [6.45, 7) is 6.55. The van der Waals surface area contributed by atoms with Gasteiger partial charge < -0.3 is 10.6 Å². The van der Waals surface area contributed by atoms with Gasteiger partial charge in [-0.3, -0.25) is 9.59 Å². The number of carbonyl (C=O) groups excluding carboxylic acids is 2. The maximum Gasteiger partial charge on any atom is 0.240 e. The Kier molecular flexibility index (Phi) is 4.12. The number of carbonyl (C=O) groups is 2. The predicted octanol–water partition coefficient (Wildman–Crippen LogP) is 2.55.